The molecule has 0 radical (unpaired) electrons. The maximum absolute atomic E-state index is 12.5. The van der Waals surface area contributed by atoms with Crippen LogP contribution in [0.5, 0.6) is 17.2 Å². The maximum atomic E-state index is 12.5. The predicted octanol–water partition coefficient (Wildman–Crippen LogP) is 5.65. The molecule has 2 amide bonds. The van der Waals surface area contributed by atoms with Gasteiger partial charge in [-0.1, -0.05) is 35.9 Å². The monoisotopic (exact) mass is 442 g/mol. The van der Waals surface area contributed by atoms with Gasteiger partial charge in [0.05, 0.1) is 12.0 Å². The molecular formula is C26H22N2O5. The molecular weight excluding hydrogens is 420 g/mol. The van der Waals surface area contributed by atoms with Crippen molar-refractivity contribution in [2.75, 3.05) is 17.2 Å². The molecule has 0 spiro atoms. The average molecular weight is 442 g/mol. The second-order valence-electron chi connectivity index (χ2n) is 7.21. The Morgan fingerprint density at radius 3 is 2.45 bits per heavy atom. The highest BCUT2D eigenvalue weighted by atomic mass is 16.5. The summed E-state index contributed by atoms with van der Waals surface area (Å²) in [5.74, 6) is 1.11. The van der Waals surface area contributed by atoms with Crippen LogP contribution in [0.15, 0.2) is 95.6 Å². The van der Waals surface area contributed by atoms with Gasteiger partial charge in [-0.3, -0.25) is 9.59 Å². The maximum Gasteiger partial charge on any atom is 0.291 e. The summed E-state index contributed by atoms with van der Waals surface area (Å²) in [6.07, 6.45) is 1.43. The minimum absolute atomic E-state index is 0.201. The smallest absolute Gasteiger partial charge is 0.291 e. The van der Waals surface area contributed by atoms with Crippen LogP contribution in [-0.2, 0) is 4.79 Å². The number of carbonyl (C=O) groups is 2. The summed E-state index contributed by atoms with van der Waals surface area (Å²) in [5, 5.41) is 5.52. The molecule has 1 aromatic heterocycles. The Bertz CT molecular complexity index is 1230. The summed E-state index contributed by atoms with van der Waals surface area (Å²) < 4.78 is 16.6. The standard InChI is InChI=1S/C26H22N2O5/c1-18-11-13-20(14-12-18)33-23-9-3-2-8-22(23)28-25(29)17-32-21-7-4-6-19(16-21)27-26(30)24-10-5-15-31-24/h2-16H,17H2,1H3,(H,27,30)(H,28,29). The van der Waals surface area contributed by atoms with Crippen LogP contribution < -0.4 is 20.1 Å². The SMILES string of the molecule is Cc1ccc(Oc2ccccc2NC(=O)COc2cccc(NC(=O)c3ccco3)c2)cc1. The second-order valence-corrected chi connectivity index (χ2v) is 7.21. The van der Waals surface area contributed by atoms with Crippen LogP contribution in [0.1, 0.15) is 16.1 Å². The molecule has 1 heterocycles. The van der Waals surface area contributed by atoms with E-state index in [4.69, 9.17) is 13.9 Å². The molecule has 2 N–H and O–H groups in total. The van der Waals surface area contributed by atoms with Crippen LogP contribution in [0.3, 0.4) is 0 Å². The van der Waals surface area contributed by atoms with E-state index in [2.05, 4.69) is 10.6 Å². The molecule has 0 saturated carbocycles. The molecule has 7 heteroatoms. The van der Waals surface area contributed by atoms with E-state index < -0.39 is 0 Å². The van der Waals surface area contributed by atoms with E-state index in [0.717, 1.165) is 5.56 Å². The Kier molecular flexibility index (Phi) is 6.70. The number of hydrogen-bond donors (Lipinski definition) is 2. The van der Waals surface area contributed by atoms with Crippen molar-refractivity contribution in [3.8, 4) is 17.2 Å². The molecule has 4 rings (SSSR count). The molecule has 0 aliphatic rings. The molecule has 0 atom stereocenters. The minimum Gasteiger partial charge on any atom is -0.484 e. The fraction of sp³-hybridized carbons (Fsp3) is 0.0769. The number of ether oxygens (including phenoxy) is 2. The number of anilines is 2. The van der Waals surface area contributed by atoms with Crippen molar-refractivity contribution in [2.45, 2.75) is 6.92 Å². The Morgan fingerprint density at radius 2 is 1.67 bits per heavy atom. The fourth-order valence-corrected chi connectivity index (χ4v) is 2.99. The first-order valence-corrected chi connectivity index (χ1v) is 10.3. The van der Waals surface area contributed by atoms with Gasteiger partial charge in [0.15, 0.2) is 18.1 Å². The zero-order valence-electron chi connectivity index (χ0n) is 17.9. The summed E-state index contributed by atoms with van der Waals surface area (Å²) in [4.78, 5) is 24.6. The molecule has 0 fully saturated rings. The number of para-hydroxylation sites is 2. The number of amides is 2. The quantitative estimate of drug-likeness (QED) is 0.368. The van der Waals surface area contributed by atoms with Crippen LogP contribution in [0.4, 0.5) is 11.4 Å². The van der Waals surface area contributed by atoms with Gasteiger partial charge in [-0.25, -0.2) is 0 Å². The molecule has 7 nitrogen and oxygen atoms in total. The van der Waals surface area contributed by atoms with Crippen molar-refractivity contribution in [3.63, 3.8) is 0 Å². The van der Waals surface area contributed by atoms with Gasteiger partial charge in [0, 0.05) is 11.8 Å². The van der Waals surface area contributed by atoms with Gasteiger partial charge in [-0.15, -0.1) is 0 Å². The second kappa shape index (κ2) is 10.2. The summed E-state index contributed by atoms with van der Waals surface area (Å²) in [7, 11) is 0. The van der Waals surface area contributed by atoms with Gasteiger partial charge in [-0.2, -0.15) is 0 Å². The lowest BCUT2D eigenvalue weighted by Crippen LogP contribution is -2.20. The van der Waals surface area contributed by atoms with Crippen LogP contribution in [0.25, 0.3) is 0 Å². The lowest BCUT2D eigenvalue weighted by atomic mass is 10.2. The van der Waals surface area contributed by atoms with Gasteiger partial charge in [0.2, 0.25) is 0 Å². The molecule has 166 valence electrons. The number of benzene rings is 3. The van der Waals surface area contributed by atoms with Crippen molar-refractivity contribution in [3.05, 3.63) is 103 Å². The Balaban J connectivity index is 1.34. The molecule has 0 aliphatic carbocycles. The first kappa shape index (κ1) is 21.7. The first-order valence-electron chi connectivity index (χ1n) is 10.3. The molecule has 0 bridgehead atoms. The van der Waals surface area contributed by atoms with E-state index in [0.29, 0.717) is 28.6 Å². The largest absolute Gasteiger partial charge is 0.484 e. The number of rotatable bonds is 8. The summed E-state index contributed by atoms with van der Waals surface area (Å²) >= 11 is 0. The zero-order valence-corrected chi connectivity index (χ0v) is 17.9. The van der Waals surface area contributed by atoms with Crippen molar-refractivity contribution in [2.24, 2.45) is 0 Å². The van der Waals surface area contributed by atoms with Crippen LogP contribution in [0, 0.1) is 6.92 Å². The van der Waals surface area contributed by atoms with Crippen molar-refractivity contribution in [1.29, 1.82) is 0 Å². The van der Waals surface area contributed by atoms with E-state index in [1.807, 2.05) is 43.3 Å². The first-order chi connectivity index (χ1) is 16.1. The van der Waals surface area contributed by atoms with Gasteiger partial charge < -0.3 is 24.5 Å². The minimum atomic E-state index is -0.375. The molecule has 3 aromatic carbocycles. The van der Waals surface area contributed by atoms with E-state index in [9.17, 15) is 9.59 Å². The lowest BCUT2D eigenvalue weighted by molar-refractivity contribution is -0.118. The fourth-order valence-electron chi connectivity index (χ4n) is 2.99. The van der Waals surface area contributed by atoms with E-state index in [-0.39, 0.29) is 24.2 Å². The Morgan fingerprint density at radius 1 is 0.848 bits per heavy atom. The van der Waals surface area contributed by atoms with Crippen molar-refractivity contribution >= 4 is 23.2 Å². The third-order valence-electron chi connectivity index (χ3n) is 4.62. The summed E-state index contributed by atoms with van der Waals surface area (Å²) in [6, 6.07) is 24.8. The van der Waals surface area contributed by atoms with E-state index in [1.165, 1.54) is 6.26 Å². The third kappa shape index (κ3) is 6.01. The summed E-state index contributed by atoms with van der Waals surface area (Å²) in [5.41, 5.74) is 2.18. The van der Waals surface area contributed by atoms with Crippen LogP contribution in [-0.4, -0.2) is 18.4 Å². The highest BCUT2D eigenvalue weighted by Crippen LogP contribution is 2.29. The molecule has 4 aromatic rings. The van der Waals surface area contributed by atoms with E-state index >= 15 is 0 Å². The van der Waals surface area contributed by atoms with Gasteiger partial charge in [0.25, 0.3) is 11.8 Å². The number of nitrogens with one attached hydrogen (secondary N) is 2. The van der Waals surface area contributed by atoms with Crippen molar-refractivity contribution < 1.29 is 23.5 Å². The van der Waals surface area contributed by atoms with Crippen LogP contribution in [0.2, 0.25) is 0 Å². The lowest BCUT2D eigenvalue weighted by Gasteiger charge is -2.13. The predicted molar refractivity (Wildman–Crippen MR) is 125 cm³/mol. The zero-order chi connectivity index (χ0) is 23.0. The highest BCUT2D eigenvalue weighted by molar-refractivity contribution is 6.02. The molecule has 0 unspecified atom stereocenters. The number of hydrogen-bond acceptors (Lipinski definition) is 5. The van der Waals surface area contributed by atoms with E-state index in [1.54, 1.807) is 48.5 Å². The van der Waals surface area contributed by atoms with Gasteiger partial charge in [0.1, 0.15) is 11.5 Å². The molecule has 33 heavy (non-hydrogen) atoms. The highest BCUT2D eigenvalue weighted by Gasteiger charge is 2.11. The Labute approximate surface area is 191 Å². The van der Waals surface area contributed by atoms with Gasteiger partial charge >= 0.3 is 0 Å². The van der Waals surface area contributed by atoms with Crippen LogP contribution >= 0.6 is 0 Å². The molecule has 0 saturated heterocycles. The van der Waals surface area contributed by atoms with Crippen molar-refractivity contribution in [1.82, 2.24) is 0 Å². The normalized spacial score (nSPS) is 10.3. The Hall–Kier alpha value is -4.52. The number of carbonyl (C=O) groups excluding carboxylic acids is 2. The average Bonchev–Trinajstić information content (AvgIpc) is 3.36. The third-order valence-corrected chi connectivity index (χ3v) is 4.62. The molecule has 0 aliphatic heterocycles. The topological polar surface area (TPSA) is 89.8 Å². The summed E-state index contributed by atoms with van der Waals surface area (Å²) in [6.45, 7) is 1.79. The number of furan rings is 1. The van der Waals surface area contributed by atoms with Gasteiger partial charge in [-0.05, 0) is 55.5 Å². The number of aryl methyl sites for hydroxylation is 1.